The summed E-state index contributed by atoms with van der Waals surface area (Å²) in [6.07, 6.45) is 3.61. The van der Waals surface area contributed by atoms with Gasteiger partial charge in [0.25, 0.3) is 0 Å². The smallest absolute Gasteiger partial charge is 0.0380 e. The van der Waals surface area contributed by atoms with Crippen LogP contribution in [0.5, 0.6) is 0 Å². The van der Waals surface area contributed by atoms with Gasteiger partial charge in [-0.3, -0.25) is 0 Å². The summed E-state index contributed by atoms with van der Waals surface area (Å²) in [6.45, 7) is 2.67. The first-order valence-electron chi connectivity index (χ1n) is 3.64. The molecule has 1 nitrogen and oxygen atoms in total. The second-order valence-electron chi connectivity index (χ2n) is 3.61. The third kappa shape index (κ3) is 0.767. The summed E-state index contributed by atoms with van der Waals surface area (Å²) in [4.78, 5) is 0. The Balaban J connectivity index is 2.06. The number of rotatable bonds is 0. The Labute approximate surface area is 54.8 Å². The molecule has 0 aromatic carbocycles. The topological polar surface area (TPSA) is 3.24 Å². The highest BCUT2D eigenvalue weighted by Gasteiger charge is 2.51. The normalized spacial score (nSPS) is 40.0. The van der Waals surface area contributed by atoms with E-state index in [1.165, 1.54) is 12.8 Å². The summed E-state index contributed by atoms with van der Waals surface area (Å²) < 4.78 is 12.7. The highest BCUT2D eigenvalue weighted by molar-refractivity contribution is 5.01. The molecule has 9 heavy (non-hydrogen) atoms. The maximum Gasteiger partial charge on any atom is 0.0380 e. The van der Waals surface area contributed by atoms with Gasteiger partial charge in [0.1, 0.15) is 0 Å². The predicted octanol–water partition coefficient (Wildman–Crippen LogP) is 1.75. The minimum absolute atomic E-state index is 0.187. The van der Waals surface area contributed by atoms with Crippen LogP contribution in [0, 0.1) is 5.41 Å². The van der Waals surface area contributed by atoms with Gasteiger partial charge in [-0.15, -0.1) is 9.60 Å². The van der Waals surface area contributed by atoms with Crippen LogP contribution in [0.1, 0.15) is 26.2 Å². The van der Waals surface area contributed by atoms with Crippen molar-refractivity contribution in [2.24, 2.45) is 5.41 Å². The zero-order chi connectivity index (χ0) is 6.48. The second kappa shape index (κ2) is 1.48. The van der Waals surface area contributed by atoms with Gasteiger partial charge in [0.05, 0.1) is 0 Å². The van der Waals surface area contributed by atoms with Crippen LogP contribution in [0.4, 0.5) is 4.48 Å². The molecule has 1 spiro atoms. The molecule has 2 rings (SSSR count). The lowest BCUT2D eigenvalue weighted by atomic mass is 10.0. The summed E-state index contributed by atoms with van der Waals surface area (Å²) in [6, 6.07) is 0.187. The first-order chi connectivity index (χ1) is 4.22. The zero-order valence-electron chi connectivity index (χ0n) is 5.73. The van der Waals surface area contributed by atoms with Gasteiger partial charge < -0.3 is 0 Å². The fourth-order valence-electron chi connectivity index (χ4n) is 1.81. The number of nitrogens with zero attached hydrogens (tertiary/aromatic N) is 1. The average Bonchev–Trinajstić information content (AvgIpc) is 2.42. The standard InChI is InChI=1S/C7H12FN/c1-6-4-7(2-3-7)5-9(6)8/h6H,2-5H2,1H3. The third-order valence-corrected chi connectivity index (χ3v) is 2.65. The van der Waals surface area contributed by atoms with E-state index in [1.54, 1.807) is 0 Å². The van der Waals surface area contributed by atoms with Crippen LogP contribution >= 0.6 is 0 Å². The first kappa shape index (κ1) is 5.66. The first-order valence-corrected chi connectivity index (χ1v) is 3.64. The molecule has 1 atom stereocenters. The van der Waals surface area contributed by atoms with Crippen molar-refractivity contribution in [2.45, 2.75) is 32.2 Å². The molecule has 0 amide bonds. The van der Waals surface area contributed by atoms with E-state index in [2.05, 4.69) is 0 Å². The van der Waals surface area contributed by atoms with Gasteiger partial charge >= 0.3 is 0 Å². The summed E-state index contributed by atoms with van der Waals surface area (Å²) in [7, 11) is 0. The number of hydrogen-bond acceptors (Lipinski definition) is 1. The molecule has 1 aliphatic heterocycles. The fourth-order valence-corrected chi connectivity index (χ4v) is 1.81. The number of halogens is 1. The second-order valence-corrected chi connectivity index (χ2v) is 3.61. The predicted molar refractivity (Wildman–Crippen MR) is 33.6 cm³/mol. The van der Waals surface area contributed by atoms with Gasteiger partial charge in [-0.1, -0.05) is 0 Å². The average molecular weight is 129 g/mol. The zero-order valence-corrected chi connectivity index (χ0v) is 5.73. The largest absolute Gasteiger partial charge is 0.143 e. The molecular formula is C7H12FN. The van der Waals surface area contributed by atoms with E-state index in [0.717, 1.165) is 11.5 Å². The molecule has 1 saturated carbocycles. The van der Waals surface area contributed by atoms with Crippen molar-refractivity contribution in [3.63, 3.8) is 0 Å². The van der Waals surface area contributed by atoms with E-state index in [4.69, 9.17) is 0 Å². The van der Waals surface area contributed by atoms with Crippen molar-refractivity contribution in [1.29, 1.82) is 0 Å². The van der Waals surface area contributed by atoms with E-state index in [-0.39, 0.29) is 6.04 Å². The summed E-state index contributed by atoms with van der Waals surface area (Å²) in [5.74, 6) is 0. The van der Waals surface area contributed by atoms with Gasteiger partial charge in [-0.2, -0.15) is 0 Å². The molecule has 1 saturated heterocycles. The Hall–Kier alpha value is -0.110. The molecule has 2 aliphatic rings. The molecule has 2 heteroatoms. The Morgan fingerprint density at radius 3 is 2.44 bits per heavy atom. The molecule has 0 radical (unpaired) electrons. The third-order valence-electron chi connectivity index (χ3n) is 2.65. The quantitative estimate of drug-likeness (QED) is 0.450. The van der Waals surface area contributed by atoms with Crippen LogP contribution < -0.4 is 0 Å². The molecule has 0 aromatic rings. The fraction of sp³-hybridized carbons (Fsp3) is 1.00. The molecule has 1 unspecified atom stereocenters. The van der Waals surface area contributed by atoms with Crippen LogP contribution in [0.15, 0.2) is 0 Å². The molecule has 1 aliphatic carbocycles. The number of hydrogen-bond donors (Lipinski definition) is 0. The molecule has 0 bridgehead atoms. The van der Waals surface area contributed by atoms with Crippen molar-refractivity contribution in [3.8, 4) is 0 Å². The Bertz CT molecular complexity index is 119. The lowest BCUT2D eigenvalue weighted by Crippen LogP contribution is -2.16. The molecule has 52 valence electrons. The minimum Gasteiger partial charge on any atom is -0.143 e. The van der Waals surface area contributed by atoms with Crippen LogP contribution in [-0.4, -0.2) is 17.7 Å². The molecular weight excluding hydrogens is 117 g/mol. The van der Waals surface area contributed by atoms with Crippen molar-refractivity contribution >= 4 is 0 Å². The van der Waals surface area contributed by atoms with Crippen LogP contribution in [0.25, 0.3) is 0 Å². The highest BCUT2D eigenvalue weighted by Crippen LogP contribution is 2.54. The monoisotopic (exact) mass is 129 g/mol. The SMILES string of the molecule is CC1CC2(CC2)CN1F. The van der Waals surface area contributed by atoms with Gasteiger partial charge in [-0.05, 0) is 31.6 Å². The van der Waals surface area contributed by atoms with E-state index in [0.29, 0.717) is 12.0 Å². The molecule has 0 N–H and O–H groups in total. The Morgan fingerprint density at radius 1 is 1.56 bits per heavy atom. The minimum atomic E-state index is 0.187. The highest BCUT2D eigenvalue weighted by atomic mass is 19.2. The summed E-state index contributed by atoms with van der Waals surface area (Å²) in [5.41, 5.74) is 0.439. The van der Waals surface area contributed by atoms with E-state index >= 15 is 0 Å². The summed E-state index contributed by atoms with van der Waals surface area (Å²) in [5, 5.41) is 0.993. The van der Waals surface area contributed by atoms with Crippen molar-refractivity contribution in [1.82, 2.24) is 5.12 Å². The maximum absolute atomic E-state index is 12.7. The lowest BCUT2D eigenvalue weighted by molar-refractivity contribution is 0.0144. The van der Waals surface area contributed by atoms with Crippen molar-refractivity contribution in [2.75, 3.05) is 6.54 Å². The van der Waals surface area contributed by atoms with Crippen molar-refractivity contribution in [3.05, 3.63) is 0 Å². The van der Waals surface area contributed by atoms with Gasteiger partial charge in [0.2, 0.25) is 0 Å². The van der Waals surface area contributed by atoms with Gasteiger partial charge in [-0.25, -0.2) is 0 Å². The van der Waals surface area contributed by atoms with E-state index in [1.807, 2.05) is 6.92 Å². The Kier molecular flexibility index (Phi) is 0.933. The van der Waals surface area contributed by atoms with Crippen LogP contribution in [-0.2, 0) is 0 Å². The van der Waals surface area contributed by atoms with Gasteiger partial charge in [0, 0.05) is 12.6 Å². The molecule has 0 aromatic heterocycles. The maximum atomic E-state index is 12.7. The molecule has 2 fully saturated rings. The van der Waals surface area contributed by atoms with Crippen LogP contribution in [0.2, 0.25) is 0 Å². The Morgan fingerprint density at radius 2 is 2.22 bits per heavy atom. The van der Waals surface area contributed by atoms with E-state index in [9.17, 15) is 4.48 Å². The van der Waals surface area contributed by atoms with E-state index < -0.39 is 0 Å². The van der Waals surface area contributed by atoms with Crippen LogP contribution in [0.3, 0.4) is 0 Å². The lowest BCUT2D eigenvalue weighted by Gasteiger charge is -2.05. The summed E-state index contributed by atoms with van der Waals surface area (Å²) >= 11 is 0. The van der Waals surface area contributed by atoms with Crippen molar-refractivity contribution < 1.29 is 4.48 Å². The molecule has 1 heterocycles. The van der Waals surface area contributed by atoms with Gasteiger partial charge in [0.15, 0.2) is 0 Å².